The Morgan fingerprint density at radius 1 is 1.21 bits per heavy atom. The first-order valence-corrected chi connectivity index (χ1v) is 8.31. The Morgan fingerprint density at radius 2 is 1.75 bits per heavy atom. The Kier molecular flexibility index (Phi) is 4.98. The lowest BCUT2D eigenvalue weighted by Gasteiger charge is -2.46. The van der Waals surface area contributed by atoms with Gasteiger partial charge in [0.1, 0.15) is 6.33 Å². The summed E-state index contributed by atoms with van der Waals surface area (Å²) < 4.78 is 0. The van der Waals surface area contributed by atoms with Gasteiger partial charge >= 0.3 is 5.69 Å². The highest BCUT2D eigenvalue weighted by molar-refractivity contribution is 5.69. The van der Waals surface area contributed by atoms with E-state index in [1.54, 1.807) is 0 Å². The maximum Gasteiger partial charge on any atom is 0.353 e. The highest BCUT2D eigenvalue weighted by atomic mass is 16.6. The predicted octanol–water partition coefficient (Wildman–Crippen LogP) is 2.93. The van der Waals surface area contributed by atoms with Crippen molar-refractivity contribution in [1.29, 1.82) is 0 Å². The maximum absolute atomic E-state index is 11.6. The Balaban J connectivity index is 2.30. The minimum atomic E-state index is -0.426. The van der Waals surface area contributed by atoms with Gasteiger partial charge in [0.2, 0.25) is 11.6 Å². The third kappa shape index (κ3) is 4.53. The van der Waals surface area contributed by atoms with Gasteiger partial charge in [0.05, 0.1) is 4.92 Å². The number of nitrogens with zero attached hydrogens (tertiary/aromatic N) is 3. The van der Waals surface area contributed by atoms with Gasteiger partial charge in [-0.25, -0.2) is 9.97 Å². The molecule has 0 amide bonds. The van der Waals surface area contributed by atoms with Crippen LogP contribution in [0.1, 0.15) is 54.4 Å². The number of hydrogen-bond donors (Lipinski definition) is 3. The summed E-state index contributed by atoms with van der Waals surface area (Å²) in [6.45, 7) is 12.4. The molecular weight excluding hydrogens is 308 g/mol. The van der Waals surface area contributed by atoms with Crippen LogP contribution in [0.25, 0.3) is 0 Å². The molecule has 0 aliphatic carbocycles. The van der Waals surface area contributed by atoms with Crippen molar-refractivity contribution in [3.05, 3.63) is 16.4 Å². The number of piperidine rings is 1. The topological polar surface area (TPSA) is 105 Å². The zero-order chi connectivity index (χ0) is 18.1. The van der Waals surface area contributed by atoms with Crippen LogP contribution in [0.15, 0.2) is 6.33 Å². The Bertz CT molecular complexity index is 599. The van der Waals surface area contributed by atoms with E-state index >= 15 is 0 Å². The quantitative estimate of drug-likeness (QED) is 0.561. The molecule has 1 aromatic rings. The molecule has 1 fully saturated rings. The van der Waals surface area contributed by atoms with Crippen molar-refractivity contribution in [2.75, 3.05) is 10.6 Å². The summed E-state index contributed by atoms with van der Waals surface area (Å²) in [6.07, 6.45) is 3.06. The Hall–Kier alpha value is -1.96. The van der Waals surface area contributed by atoms with E-state index in [9.17, 15) is 10.1 Å². The standard InChI is InChI=1S/C16H28N6O2/c1-10(2)19-13-12(22(23)24)14(18-9-17-13)20-11-7-15(3,4)21-16(5,6)8-11/h9-11,21H,7-8H2,1-6H3,(H2,17,18,19,20). The van der Waals surface area contributed by atoms with Crippen molar-refractivity contribution < 1.29 is 4.92 Å². The number of anilines is 2. The lowest BCUT2D eigenvalue weighted by molar-refractivity contribution is -0.383. The Labute approximate surface area is 143 Å². The maximum atomic E-state index is 11.6. The van der Waals surface area contributed by atoms with Gasteiger partial charge in [0.15, 0.2) is 0 Å². The summed E-state index contributed by atoms with van der Waals surface area (Å²) >= 11 is 0. The van der Waals surface area contributed by atoms with Crippen LogP contribution < -0.4 is 16.0 Å². The highest BCUT2D eigenvalue weighted by Crippen LogP contribution is 2.34. The number of nitro groups is 1. The highest BCUT2D eigenvalue weighted by Gasteiger charge is 2.38. The third-order valence-corrected chi connectivity index (χ3v) is 3.96. The van der Waals surface area contributed by atoms with Crippen molar-refractivity contribution >= 4 is 17.3 Å². The molecule has 134 valence electrons. The van der Waals surface area contributed by atoms with Gasteiger partial charge in [0.25, 0.3) is 0 Å². The minimum Gasteiger partial charge on any atom is -0.362 e. The summed E-state index contributed by atoms with van der Waals surface area (Å²) in [7, 11) is 0. The van der Waals surface area contributed by atoms with Gasteiger partial charge in [-0.2, -0.15) is 0 Å². The Morgan fingerprint density at radius 3 is 2.25 bits per heavy atom. The van der Waals surface area contributed by atoms with E-state index in [0.717, 1.165) is 12.8 Å². The molecule has 1 saturated heterocycles. The molecule has 3 N–H and O–H groups in total. The lowest BCUT2D eigenvalue weighted by Crippen LogP contribution is -2.60. The minimum absolute atomic E-state index is 0.0446. The SMILES string of the molecule is CC(C)Nc1ncnc(NC2CC(C)(C)NC(C)(C)C2)c1[N+](=O)[O-]. The smallest absolute Gasteiger partial charge is 0.353 e. The van der Waals surface area contributed by atoms with E-state index in [4.69, 9.17) is 0 Å². The molecular formula is C16H28N6O2. The van der Waals surface area contributed by atoms with Crippen LogP contribution in [-0.4, -0.2) is 38.1 Å². The number of aromatic nitrogens is 2. The van der Waals surface area contributed by atoms with Gasteiger partial charge < -0.3 is 16.0 Å². The molecule has 0 saturated carbocycles. The first-order chi connectivity index (χ1) is 11.0. The van der Waals surface area contributed by atoms with Gasteiger partial charge in [-0.1, -0.05) is 0 Å². The van der Waals surface area contributed by atoms with Crippen LogP contribution in [0.3, 0.4) is 0 Å². The van der Waals surface area contributed by atoms with Crippen molar-refractivity contribution in [2.45, 2.75) is 77.5 Å². The summed E-state index contributed by atoms with van der Waals surface area (Å²) in [4.78, 5) is 19.3. The zero-order valence-corrected chi connectivity index (χ0v) is 15.3. The van der Waals surface area contributed by atoms with E-state index in [0.29, 0.717) is 0 Å². The molecule has 0 radical (unpaired) electrons. The van der Waals surface area contributed by atoms with Crippen LogP contribution in [0.4, 0.5) is 17.3 Å². The van der Waals surface area contributed by atoms with Gasteiger partial charge in [0, 0.05) is 23.2 Å². The number of hydrogen-bond acceptors (Lipinski definition) is 7. The summed E-state index contributed by atoms with van der Waals surface area (Å²) in [6, 6.07) is 0.139. The molecule has 24 heavy (non-hydrogen) atoms. The van der Waals surface area contributed by atoms with Crippen molar-refractivity contribution in [3.63, 3.8) is 0 Å². The van der Waals surface area contributed by atoms with Gasteiger partial charge in [-0.05, 0) is 54.4 Å². The largest absolute Gasteiger partial charge is 0.362 e. The molecule has 1 aliphatic heterocycles. The second-order valence-electron chi connectivity index (χ2n) is 8.12. The molecule has 1 aliphatic rings. The molecule has 1 aromatic heterocycles. The average molecular weight is 336 g/mol. The normalized spacial score (nSPS) is 20.0. The van der Waals surface area contributed by atoms with Crippen molar-refractivity contribution in [3.8, 4) is 0 Å². The zero-order valence-electron chi connectivity index (χ0n) is 15.3. The van der Waals surface area contributed by atoms with E-state index in [1.807, 2.05) is 13.8 Å². The fraction of sp³-hybridized carbons (Fsp3) is 0.750. The van der Waals surface area contributed by atoms with Crippen LogP contribution >= 0.6 is 0 Å². The number of rotatable bonds is 5. The van der Waals surface area contributed by atoms with E-state index < -0.39 is 4.92 Å². The molecule has 0 bridgehead atoms. The molecule has 8 nitrogen and oxygen atoms in total. The molecule has 2 rings (SSSR count). The summed E-state index contributed by atoms with van der Waals surface area (Å²) in [5, 5.41) is 21.5. The van der Waals surface area contributed by atoms with Crippen LogP contribution in [0, 0.1) is 10.1 Å². The third-order valence-electron chi connectivity index (χ3n) is 3.96. The van der Waals surface area contributed by atoms with Crippen LogP contribution in [0.2, 0.25) is 0 Å². The van der Waals surface area contributed by atoms with Crippen molar-refractivity contribution in [2.24, 2.45) is 0 Å². The molecule has 0 unspecified atom stereocenters. The monoisotopic (exact) mass is 336 g/mol. The second kappa shape index (κ2) is 6.51. The van der Waals surface area contributed by atoms with Crippen LogP contribution in [-0.2, 0) is 0 Å². The predicted molar refractivity (Wildman–Crippen MR) is 95.4 cm³/mol. The van der Waals surface area contributed by atoms with E-state index in [2.05, 4.69) is 53.6 Å². The summed E-state index contributed by atoms with van der Waals surface area (Å²) in [5.74, 6) is 0.525. The lowest BCUT2D eigenvalue weighted by atomic mass is 9.79. The summed E-state index contributed by atoms with van der Waals surface area (Å²) in [5.41, 5.74) is -0.208. The van der Waals surface area contributed by atoms with Crippen LogP contribution in [0.5, 0.6) is 0 Å². The van der Waals surface area contributed by atoms with E-state index in [-0.39, 0.29) is 40.5 Å². The fourth-order valence-electron chi connectivity index (χ4n) is 3.65. The average Bonchev–Trinajstić information content (AvgIpc) is 2.33. The first kappa shape index (κ1) is 18.4. The molecule has 0 atom stereocenters. The molecule has 0 aromatic carbocycles. The van der Waals surface area contributed by atoms with E-state index in [1.165, 1.54) is 6.33 Å². The van der Waals surface area contributed by atoms with Crippen molar-refractivity contribution in [1.82, 2.24) is 15.3 Å². The number of nitrogens with one attached hydrogen (secondary N) is 3. The first-order valence-electron chi connectivity index (χ1n) is 8.31. The van der Waals surface area contributed by atoms with Gasteiger partial charge in [-0.15, -0.1) is 0 Å². The second-order valence-corrected chi connectivity index (χ2v) is 8.12. The molecule has 0 spiro atoms. The molecule has 8 heteroatoms. The van der Waals surface area contributed by atoms with Gasteiger partial charge in [-0.3, -0.25) is 10.1 Å². The fourth-order valence-corrected chi connectivity index (χ4v) is 3.65. The molecule has 2 heterocycles.